The zero-order valence-corrected chi connectivity index (χ0v) is 18.7. The van der Waals surface area contributed by atoms with E-state index in [2.05, 4.69) is 17.1 Å². The normalized spacial score (nSPS) is 16.3. The molecule has 32 heavy (non-hydrogen) atoms. The Kier molecular flexibility index (Phi) is 5.81. The van der Waals surface area contributed by atoms with Crippen molar-refractivity contribution in [2.45, 2.75) is 25.8 Å². The lowest BCUT2D eigenvalue weighted by molar-refractivity contribution is 0.102. The van der Waals surface area contributed by atoms with Gasteiger partial charge in [0.1, 0.15) is 17.2 Å². The molecule has 2 aromatic carbocycles. The Balaban J connectivity index is 1.64. The molecule has 1 aliphatic rings. The van der Waals surface area contributed by atoms with Crippen LogP contribution in [0.5, 0.6) is 0 Å². The molecule has 1 fully saturated rings. The van der Waals surface area contributed by atoms with E-state index in [0.717, 1.165) is 36.9 Å². The molecule has 0 bridgehead atoms. The lowest BCUT2D eigenvalue weighted by Gasteiger charge is -2.36. The number of likely N-dealkylation sites (tertiary alicyclic amines) is 1. The van der Waals surface area contributed by atoms with Gasteiger partial charge in [-0.3, -0.25) is 9.69 Å². The second-order valence-corrected chi connectivity index (χ2v) is 9.39. The number of hydrogen-bond acceptors (Lipinski definition) is 4. The van der Waals surface area contributed by atoms with Crippen molar-refractivity contribution in [2.75, 3.05) is 18.4 Å². The zero-order valence-electron chi connectivity index (χ0n) is 17.9. The highest BCUT2D eigenvalue weighted by Crippen LogP contribution is 2.42. The monoisotopic (exact) mass is 448 g/mol. The predicted molar refractivity (Wildman–Crippen MR) is 127 cm³/mol. The summed E-state index contributed by atoms with van der Waals surface area (Å²) in [4.78, 5) is 16.0. The minimum absolute atomic E-state index is 0.168. The number of piperidine rings is 1. The topological polar surface area (TPSA) is 45.5 Å². The van der Waals surface area contributed by atoms with Crippen LogP contribution in [0.2, 0.25) is 0 Å². The number of benzene rings is 2. The Morgan fingerprint density at radius 3 is 2.69 bits per heavy atom. The third-order valence-corrected chi connectivity index (χ3v) is 7.07. The number of rotatable bonds is 5. The Hall–Kier alpha value is -2.96. The van der Waals surface area contributed by atoms with E-state index in [9.17, 15) is 9.18 Å². The molecule has 2 aromatic heterocycles. The molecule has 5 rings (SSSR count). The fourth-order valence-corrected chi connectivity index (χ4v) is 5.08. The molecule has 6 heteroatoms. The molecule has 1 aliphatic heterocycles. The lowest BCUT2D eigenvalue weighted by Crippen LogP contribution is -2.37. The van der Waals surface area contributed by atoms with Gasteiger partial charge in [-0.15, -0.1) is 11.3 Å². The van der Waals surface area contributed by atoms with E-state index in [4.69, 9.17) is 4.42 Å². The summed E-state index contributed by atoms with van der Waals surface area (Å²) in [6.45, 7) is 4.04. The number of carbonyl (C=O) groups is 1. The van der Waals surface area contributed by atoms with Crippen molar-refractivity contribution >= 4 is 33.9 Å². The van der Waals surface area contributed by atoms with Crippen LogP contribution in [0.1, 0.15) is 46.8 Å². The molecule has 3 heterocycles. The van der Waals surface area contributed by atoms with Crippen molar-refractivity contribution in [3.8, 4) is 0 Å². The summed E-state index contributed by atoms with van der Waals surface area (Å²) in [5, 5.41) is 5.84. The second-order valence-electron chi connectivity index (χ2n) is 8.44. The van der Waals surface area contributed by atoms with Gasteiger partial charge < -0.3 is 9.73 Å². The number of furan rings is 1. The maximum absolute atomic E-state index is 14.3. The molecule has 0 radical (unpaired) electrons. The number of fused-ring (bicyclic) bond motifs is 1. The Bertz CT molecular complexity index is 1230. The standard InChI is InChI=1S/C26H25FN2O2S/c1-17-11-13-29(14-12-17)24(18-6-4-7-19(27)16-18)25-23(20-8-2-3-9-21(20)31-25)28-26(30)22-10-5-15-32-22/h2-10,15-17,24H,11-14H2,1H3,(H,28,30). The van der Waals surface area contributed by atoms with Gasteiger partial charge in [0, 0.05) is 5.39 Å². The maximum atomic E-state index is 14.3. The van der Waals surface area contributed by atoms with Crippen molar-refractivity contribution in [1.29, 1.82) is 0 Å². The van der Waals surface area contributed by atoms with Crippen molar-refractivity contribution in [2.24, 2.45) is 5.92 Å². The highest BCUT2D eigenvalue weighted by molar-refractivity contribution is 7.12. The Morgan fingerprint density at radius 2 is 1.94 bits per heavy atom. The van der Waals surface area contributed by atoms with Crippen LogP contribution in [0.25, 0.3) is 11.0 Å². The van der Waals surface area contributed by atoms with E-state index in [1.807, 2.05) is 41.8 Å². The van der Waals surface area contributed by atoms with E-state index in [0.29, 0.717) is 27.8 Å². The van der Waals surface area contributed by atoms with Crippen molar-refractivity contribution in [3.05, 3.63) is 88.1 Å². The van der Waals surface area contributed by atoms with Crippen molar-refractivity contribution < 1.29 is 13.6 Å². The van der Waals surface area contributed by atoms with Crippen LogP contribution in [0.4, 0.5) is 10.1 Å². The minimum atomic E-state index is -0.288. The number of anilines is 1. The number of amides is 1. The van der Waals surface area contributed by atoms with Gasteiger partial charge in [0.05, 0.1) is 16.6 Å². The molecule has 0 spiro atoms. The average molecular weight is 449 g/mol. The van der Waals surface area contributed by atoms with Crippen LogP contribution in [-0.2, 0) is 0 Å². The summed E-state index contributed by atoms with van der Waals surface area (Å²) in [5.41, 5.74) is 2.19. The molecule has 164 valence electrons. The molecule has 4 aromatic rings. The first-order valence-corrected chi connectivity index (χ1v) is 11.8. The summed E-state index contributed by atoms with van der Waals surface area (Å²) >= 11 is 1.40. The highest BCUT2D eigenvalue weighted by Gasteiger charge is 2.32. The van der Waals surface area contributed by atoms with E-state index >= 15 is 0 Å². The number of thiophene rings is 1. The molecule has 4 nitrogen and oxygen atoms in total. The molecule has 1 N–H and O–H groups in total. The Labute approximate surface area is 190 Å². The first kappa shape index (κ1) is 20.9. The van der Waals surface area contributed by atoms with Gasteiger partial charge in [-0.25, -0.2) is 4.39 Å². The van der Waals surface area contributed by atoms with Gasteiger partial charge in [-0.05, 0) is 73.1 Å². The highest BCUT2D eigenvalue weighted by atomic mass is 32.1. The number of para-hydroxylation sites is 1. The average Bonchev–Trinajstić information content (AvgIpc) is 3.45. The molecule has 1 unspecified atom stereocenters. The minimum Gasteiger partial charge on any atom is -0.457 e. The van der Waals surface area contributed by atoms with E-state index in [-0.39, 0.29) is 17.8 Å². The molecule has 0 aliphatic carbocycles. The van der Waals surface area contributed by atoms with Crippen LogP contribution < -0.4 is 5.32 Å². The first-order valence-electron chi connectivity index (χ1n) is 11.0. The fraction of sp³-hybridized carbons (Fsp3) is 0.269. The molecular formula is C26H25FN2O2S. The predicted octanol–water partition coefficient (Wildman–Crippen LogP) is 6.71. The molecule has 1 amide bonds. The van der Waals surface area contributed by atoms with Crippen LogP contribution in [0.3, 0.4) is 0 Å². The molecule has 1 atom stereocenters. The van der Waals surface area contributed by atoms with Gasteiger partial charge in [0.2, 0.25) is 0 Å². The fourth-order valence-electron chi connectivity index (χ4n) is 4.46. The maximum Gasteiger partial charge on any atom is 0.265 e. The van der Waals surface area contributed by atoms with Gasteiger partial charge in [0.15, 0.2) is 0 Å². The SMILES string of the molecule is CC1CCN(C(c2cccc(F)c2)c2oc3ccccc3c2NC(=O)c2cccs2)CC1. The van der Waals surface area contributed by atoms with Crippen LogP contribution in [0.15, 0.2) is 70.5 Å². The van der Waals surface area contributed by atoms with E-state index < -0.39 is 0 Å². The van der Waals surface area contributed by atoms with Crippen molar-refractivity contribution in [3.63, 3.8) is 0 Å². The number of halogens is 1. The summed E-state index contributed by atoms with van der Waals surface area (Å²) in [5.74, 6) is 0.862. The van der Waals surface area contributed by atoms with Gasteiger partial charge in [0.25, 0.3) is 5.91 Å². The first-order chi connectivity index (χ1) is 15.6. The number of nitrogens with one attached hydrogen (secondary N) is 1. The number of carbonyl (C=O) groups excluding carboxylic acids is 1. The van der Waals surface area contributed by atoms with Gasteiger partial charge >= 0.3 is 0 Å². The third-order valence-electron chi connectivity index (χ3n) is 6.20. The van der Waals surface area contributed by atoms with Gasteiger partial charge in [-0.1, -0.05) is 37.3 Å². The molecule has 1 saturated heterocycles. The largest absolute Gasteiger partial charge is 0.457 e. The van der Waals surface area contributed by atoms with Crippen LogP contribution >= 0.6 is 11.3 Å². The lowest BCUT2D eigenvalue weighted by atomic mass is 9.94. The smallest absolute Gasteiger partial charge is 0.265 e. The quantitative estimate of drug-likeness (QED) is 0.369. The van der Waals surface area contributed by atoms with Crippen molar-refractivity contribution in [1.82, 2.24) is 4.90 Å². The van der Waals surface area contributed by atoms with Crippen LogP contribution in [-0.4, -0.2) is 23.9 Å². The Morgan fingerprint density at radius 1 is 1.12 bits per heavy atom. The zero-order chi connectivity index (χ0) is 22.1. The summed E-state index contributed by atoms with van der Waals surface area (Å²) in [7, 11) is 0. The molecular weight excluding hydrogens is 423 g/mol. The molecule has 0 saturated carbocycles. The van der Waals surface area contributed by atoms with E-state index in [1.54, 1.807) is 18.2 Å². The van der Waals surface area contributed by atoms with Gasteiger partial charge in [-0.2, -0.15) is 0 Å². The number of hydrogen-bond donors (Lipinski definition) is 1. The summed E-state index contributed by atoms with van der Waals surface area (Å²) < 4.78 is 20.6. The summed E-state index contributed by atoms with van der Waals surface area (Å²) in [6.07, 6.45) is 2.14. The second kappa shape index (κ2) is 8.88. The summed E-state index contributed by atoms with van der Waals surface area (Å²) in [6, 6.07) is 17.8. The van der Waals surface area contributed by atoms with E-state index in [1.165, 1.54) is 17.4 Å². The van der Waals surface area contributed by atoms with Crippen LogP contribution in [0, 0.1) is 11.7 Å². The third kappa shape index (κ3) is 4.08. The number of nitrogens with zero attached hydrogens (tertiary/aromatic N) is 1.